The van der Waals surface area contributed by atoms with E-state index in [-0.39, 0.29) is 0 Å². The van der Waals surface area contributed by atoms with Gasteiger partial charge in [0.2, 0.25) is 0 Å². The first-order valence-electron chi connectivity index (χ1n) is 7.83. The van der Waals surface area contributed by atoms with Crippen molar-refractivity contribution in [2.45, 2.75) is 25.7 Å². The van der Waals surface area contributed by atoms with E-state index in [1.165, 1.54) is 27.9 Å². The number of likely N-dealkylation sites (N-methyl/N-ethyl adjacent to an activating group) is 1. The number of nitrogens with two attached hydrogens (primary N) is 1. The maximum atomic E-state index is 5.65. The molecule has 2 N–H and O–H groups in total. The Morgan fingerprint density at radius 2 is 1.81 bits per heavy atom. The van der Waals surface area contributed by atoms with Gasteiger partial charge in [-0.25, -0.2) is 0 Å². The van der Waals surface area contributed by atoms with Crippen LogP contribution in [0, 0.1) is 0 Å². The molecule has 2 nitrogen and oxygen atoms in total. The summed E-state index contributed by atoms with van der Waals surface area (Å²) in [5.74, 6) is 0.540. The molecule has 0 aromatic heterocycles. The zero-order chi connectivity index (χ0) is 14.8. The fourth-order valence-corrected chi connectivity index (χ4v) is 3.17. The van der Waals surface area contributed by atoms with E-state index in [2.05, 4.69) is 61.3 Å². The number of benzene rings is 2. The summed E-state index contributed by atoms with van der Waals surface area (Å²) in [7, 11) is 2.17. The van der Waals surface area contributed by atoms with Crippen LogP contribution in [0.4, 0.5) is 5.69 Å². The minimum Gasteiger partial charge on any atom is -0.374 e. The third kappa shape index (κ3) is 2.81. The lowest BCUT2D eigenvalue weighted by Crippen LogP contribution is -2.12. The van der Waals surface area contributed by atoms with E-state index >= 15 is 0 Å². The van der Waals surface area contributed by atoms with Crippen LogP contribution in [0.2, 0.25) is 0 Å². The summed E-state index contributed by atoms with van der Waals surface area (Å²) in [6.45, 7) is 4.13. The average Bonchev–Trinajstić information content (AvgIpc) is 2.88. The van der Waals surface area contributed by atoms with E-state index in [1.54, 1.807) is 0 Å². The van der Waals surface area contributed by atoms with Gasteiger partial charge in [0.25, 0.3) is 0 Å². The third-order valence-corrected chi connectivity index (χ3v) is 4.62. The molecule has 1 unspecified atom stereocenters. The number of hydrogen-bond donors (Lipinski definition) is 1. The van der Waals surface area contributed by atoms with E-state index in [9.17, 15) is 0 Å². The Labute approximate surface area is 127 Å². The summed E-state index contributed by atoms with van der Waals surface area (Å²) in [5.41, 5.74) is 12.5. The van der Waals surface area contributed by atoms with Gasteiger partial charge in [-0.2, -0.15) is 0 Å². The van der Waals surface area contributed by atoms with E-state index < -0.39 is 0 Å². The van der Waals surface area contributed by atoms with E-state index in [1.807, 2.05) is 0 Å². The van der Waals surface area contributed by atoms with Crippen molar-refractivity contribution in [3.63, 3.8) is 0 Å². The minimum atomic E-state index is 0.540. The van der Waals surface area contributed by atoms with Crippen molar-refractivity contribution < 1.29 is 0 Å². The third-order valence-electron chi connectivity index (χ3n) is 4.62. The van der Waals surface area contributed by atoms with E-state index in [4.69, 9.17) is 5.73 Å². The van der Waals surface area contributed by atoms with Crippen molar-refractivity contribution in [3.8, 4) is 11.1 Å². The maximum absolute atomic E-state index is 5.65. The Hall–Kier alpha value is -1.80. The van der Waals surface area contributed by atoms with Crippen LogP contribution in [0.25, 0.3) is 11.1 Å². The molecule has 3 rings (SSSR count). The monoisotopic (exact) mass is 280 g/mol. The number of anilines is 1. The van der Waals surface area contributed by atoms with Gasteiger partial charge in [0, 0.05) is 19.3 Å². The van der Waals surface area contributed by atoms with Crippen LogP contribution in [-0.2, 0) is 6.42 Å². The molecular formula is C19H24N2. The quantitative estimate of drug-likeness (QED) is 0.923. The van der Waals surface area contributed by atoms with E-state index in [0.29, 0.717) is 5.92 Å². The average molecular weight is 280 g/mol. The summed E-state index contributed by atoms with van der Waals surface area (Å²) < 4.78 is 0. The Morgan fingerprint density at radius 3 is 2.52 bits per heavy atom. The molecule has 0 spiro atoms. The molecule has 21 heavy (non-hydrogen) atoms. The topological polar surface area (TPSA) is 29.3 Å². The standard InChI is InChI=1S/C19H24N2/c1-14(9-11-20)15-3-5-16(6-4-15)17-7-8-19-18(13-17)10-12-21(19)2/h3-8,13-14H,9-12,20H2,1-2H3. The Morgan fingerprint density at radius 1 is 1.10 bits per heavy atom. The molecular weight excluding hydrogens is 256 g/mol. The molecule has 0 fully saturated rings. The summed E-state index contributed by atoms with van der Waals surface area (Å²) in [4.78, 5) is 2.33. The minimum absolute atomic E-state index is 0.540. The van der Waals surface area contributed by atoms with Crippen molar-refractivity contribution in [3.05, 3.63) is 53.6 Å². The van der Waals surface area contributed by atoms with Crippen molar-refractivity contribution in [1.82, 2.24) is 0 Å². The lowest BCUT2D eigenvalue weighted by atomic mass is 9.94. The molecule has 0 bridgehead atoms. The highest BCUT2D eigenvalue weighted by Gasteiger charge is 2.15. The highest BCUT2D eigenvalue weighted by Crippen LogP contribution is 2.32. The van der Waals surface area contributed by atoms with Gasteiger partial charge in [-0.3, -0.25) is 0 Å². The van der Waals surface area contributed by atoms with Crippen LogP contribution in [0.1, 0.15) is 30.4 Å². The van der Waals surface area contributed by atoms with Gasteiger partial charge < -0.3 is 10.6 Å². The predicted octanol–water partition coefficient (Wildman–Crippen LogP) is 3.80. The summed E-state index contributed by atoms with van der Waals surface area (Å²) in [6.07, 6.45) is 2.20. The maximum Gasteiger partial charge on any atom is 0.0397 e. The van der Waals surface area contributed by atoms with Gasteiger partial charge in [0.15, 0.2) is 0 Å². The number of fused-ring (bicyclic) bond motifs is 1. The fraction of sp³-hybridized carbons (Fsp3) is 0.368. The largest absolute Gasteiger partial charge is 0.374 e. The Kier molecular flexibility index (Phi) is 3.98. The van der Waals surface area contributed by atoms with Crippen LogP contribution in [0.15, 0.2) is 42.5 Å². The van der Waals surface area contributed by atoms with E-state index in [0.717, 1.165) is 25.9 Å². The number of nitrogens with zero attached hydrogens (tertiary/aromatic N) is 1. The fourth-order valence-electron chi connectivity index (χ4n) is 3.17. The van der Waals surface area contributed by atoms with Gasteiger partial charge in [-0.05, 0) is 59.7 Å². The lowest BCUT2D eigenvalue weighted by Gasteiger charge is -2.13. The van der Waals surface area contributed by atoms with Crippen LogP contribution in [0.3, 0.4) is 0 Å². The van der Waals surface area contributed by atoms with Crippen LogP contribution >= 0.6 is 0 Å². The number of rotatable bonds is 4. The molecule has 0 amide bonds. The zero-order valence-electron chi connectivity index (χ0n) is 13.0. The first-order chi connectivity index (χ1) is 10.2. The normalized spacial score (nSPS) is 15.1. The summed E-state index contributed by atoms with van der Waals surface area (Å²) in [5, 5.41) is 0. The Bertz CT molecular complexity index is 616. The Balaban J connectivity index is 1.84. The van der Waals surface area contributed by atoms with Crippen LogP contribution in [-0.4, -0.2) is 20.1 Å². The molecule has 0 saturated heterocycles. The molecule has 1 heterocycles. The summed E-state index contributed by atoms with van der Waals surface area (Å²) in [6, 6.07) is 15.8. The first-order valence-corrected chi connectivity index (χ1v) is 7.83. The van der Waals surface area contributed by atoms with Crippen molar-refractivity contribution >= 4 is 5.69 Å². The van der Waals surface area contributed by atoms with Crippen LogP contribution < -0.4 is 10.6 Å². The second-order valence-electron chi connectivity index (χ2n) is 6.12. The molecule has 1 aliphatic rings. The van der Waals surface area contributed by atoms with Gasteiger partial charge in [0.1, 0.15) is 0 Å². The predicted molar refractivity (Wildman–Crippen MR) is 90.9 cm³/mol. The number of hydrogen-bond acceptors (Lipinski definition) is 2. The molecule has 1 atom stereocenters. The molecule has 0 radical (unpaired) electrons. The van der Waals surface area contributed by atoms with Crippen LogP contribution in [0.5, 0.6) is 0 Å². The zero-order valence-corrected chi connectivity index (χ0v) is 13.0. The van der Waals surface area contributed by atoms with Crippen molar-refractivity contribution in [1.29, 1.82) is 0 Å². The van der Waals surface area contributed by atoms with Gasteiger partial charge in [0.05, 0.1) is 0 Å². The molecule has 0 aliphatic carbocycles. The second kappa shape index (κ2) is 5.90. The molecule has 1 aliphatic heterocycles. The smallest absolute Gasteiger partial charge is 0.0397 e. The van der Waals surface area contributed by atoms with Crippen molar-refractivity contribution in [2.24, 2.45) is 5.73 Å². The SMILES string of the molecule is CC(CCN)c1ccc(-c2ccc3c(c2)CCN3C)cc1. The highest BCUT2D eigenvalue weighted by atomic mass is 15.1. The molecule has 2 heteroatoms. The van der Waals surface area contributed by atoms with Gasteiger partial charge in [-0.15, -0.1) is 0 Å². The molecule has 0 saturated carbocycles. The molecule has 2 aromatic rings. The van der Waals surface area contributed by atoms with Gasteiger partial charge >= 0.3 is 0 Å². The highest BCUT2D eigenvalue weighted by molar-refractivity contribution is 5.70. The molecule has 110 valence electrons. The lowest BCUT2D eigenvalue weighted by molar-refractivity contribution is 0.690. The van der Waals surface area contributed by atoms with Crippen molar-refractivity contribution in [2.75, 3.05) is 25.0 Å². The molecule has 2 aromatic carbocycles. The second-order valence-corrected chi connectivity index (χ2v) is 6.12. The first kappa shape index (κ1) is 14.2. The van der Waals surface area contributed by atoms with Gasteiger partial charge in [-0.1, -0.05) is 37.3 Å². The summed E-state index contributed by atoms with van der Waals surface area (Å²) >= 11 is 0.